The number of nitrogens with one attached hydrogen (secondary N) is 1. The van der Waals surface area contributed by atoms with Gasteiger partial charge in [0.2, 0.25) is 0 Å². The number of methoxy groups -OCH3 is 1. The smallest absolute Gasteiger partial charge is 0.341 e. The number of urea groups is 1. The zero-order valence-corrected chi connectivity index (χ0v) is 11.7. The Morgan fingerprint density at radius 1 is 1.48 bits per heavy atom. The van der Waals surface area contributed by atoms with Gasteiger partial charge in [-0.05, 0) is 18.6 Å². The summed E-state index contributed by atoms with van der Waals surface area (Å²) in [5.74, 6) is -0.654. The molecule has 7 heteroatoms. The number of likely N-dealkylation sites (tertiary alicyclic amines) is 1. The number of hydrogen-bond donors (Lipinski definition) is 2. The Hall–Kier alpha value is -2.28. The lowest BCUT2D eigenvalue weighted by Gasteiger charge is -2.17. The topological polar surface area (TPSA) is 88.1 Å². The molecule has 7 nitrogen and oxygen atoms in total. The molecule has 0 bridgehead atoms. The number of nitrogens with zero attached hydrogens (tertiary/aromatic N) is 1. The Balaban J connectivity index is 1.91. The van der Waals surface area contributed by atoms with E-state index in [1.54, 1.807) is 36.3 Å². The van der Waals surface area contributed by atoms with Crippen LogP contribution in [-0.2, 0) is 9.53 Å². The Bertz CT molecular complexity index is 520. The van der Waals surface area contributed by atoms with Crippen molar-refractivity contribution in [2.24, 2.45) is 0 Å². The summed E-state index contributed by atoms with van der Waals surface area (Å²) in [5, 5.41) is 11.3. The van der Waals surface area contributed by atoms with Crippen molar-refractivity contribution in [1.29, 1.82) is 0 Å². The summed E-state index contributed by atoms with van der Waals surface area (Å²) in [5.41, 5.74) is 0.559. The number of amides is 2. The number of ether oxygens (including phenoxy) is 2. The Kier molecular flexibility index (Phi) is 4.99. The number of carboxylic acid groups (broad SMARTS) is 1. The number of carbonyl (C=O) groups is 2. The summed E-state index contributed by atoms with van der Waals surface area (Å²) in [4.78, 5) is 24.2. The number of anilines is 1. The molecule has 2 amide bonds. The minimum Gasteiger partial charge on any atom is -0.482 e. The normalized spacial score (nSPS) is 17.6. The Labute approximate surface area is 122 Å². The van der Waals surface area contributed by atoms with Gasteiger partial charge >= 0.3 is 12.0 Å². The Morgan fingerprint density at radius 2 is 2.29 bits per heavy atom. The van der Waals surface area contributed by atoms with Crippen LogP contribution < -0.4 is 10.1 Å². The maximum atomic E-state index is 12.1. The minimum absolute atomic E-state index is 0.0842. The van der Waals surface area contributed by atoms with Crippen molar-refractivity contribution in [3.8, 4) is 5.75 Å². The lowest BCUT2D eigenvalue weighted by Crippen LogP contribution is -2.33. The van der Waals surface area contributed by atoms with E-state index in [1.165, 1.54) is 0 Å². The molecule has 2 rings (SSSR count). The fraction of sp³-hybridized carbons (Fsp3) is 0.429. The van der Waals surface area contributed by atoms with Crippen molar-refractivity contribution in [2.75, 3.05) is 32.1 Å². The molecule has 1 fully saturated rings. The second-order valence-electron chi connectivity index (χ2n) is 4.73. The van der Waals surface area contributed by atoms with E-state index in [1.807, 2.05) is 0 Å². The predicted molar refractivity (Wildman–Crippen MR) is 75.6 cm³/mol. The summed E-state index contributed by atoms with van der Waals surface area (Å²) in [6.45, 7) is 0.802. The predicted octanol–water partition coefficient (Wildman–Crippen LogP) is 1.40. The van der Waals surface area contributed by atoms with Gasteiger partial charge in [0.25, 0.3) is 0 Å². The highest BCUT2D eigenvalue weighted by Gasteiger charge is 2.25. The number of benzene rings is 1. The van der Waals surface area contributed by atoms with E-state index in [0.717, 1.165) is 6.42 Å². The maximum absolute atomic E-state index is 12.1. The number of carbonyl (C=O) groups excluding carboxylic acids is 1. The zero-order valence-electron chi connectivity index (χ0n) is 11.7. The van der Waals surface area contributed by atoms with Crippen molar-refractivity contribution < 1.29 is 24.2 Å². The van der Waals surface area contributed by atoms with Gasteiger partial charge in [0.1, 0.15) is 5.75 Å². The molecule has 1 aromatic rings. The highest BCUT2D eigenvalue weighted by Crippen LogP contribution is 2.19. The molecule has 21 heavy (non-hydrogen) atoms. The molecule has 0 radical (unpaired) electrons. The fourth-order valence-electron chi connectivity index (χ4n) is 2.12. The minimum atomic E-state index is -1.05. The molecular weight excluding hydrogens is 276 g/mol. The third-order valence-electron chi connectivity index (χ3n) is 3.21. The molecule has 0 aromatic heterocycles. The van der Waals surface area contributed by atoms with Gasteiger partial charge in [0.15, 0.2) is 6.61 Å². The molecule has 2 N–H and O–H groups in total. The highest BCUT2D eigenvalue weighted by atomic mass is 16.5. The van der Waals surface area contributed by atoms with Crippen LogP contribution >= 0.6 is 0 Å². The lowest BCUT2D eigenvalue weighted by atomic mass is 10.3. The van der Waals surface area contributed by atoms with Gasteiger partial charge in [-0.2, -0.15) is 0 Å². The summed E-state index contributed by atoms with van der Waals surface area (Å²) in [7, 11) is 1.63. The molecule has 114 valence electrons. The third kappa shape index (κ3) is 4.35. The molecule has 0 spiro atoms. The van der Waals surface area contributed by atoms with Gasteiger partial charge in [-0.3, -0.25) is 0 Å². The van der Waals surface area contributed by atoms with Gasteiger partial charge < -0.3 is 24.8 Å². The molecule has 1 heterocycles. The van der Waals surface area contributed by atoms with E-state index in [4.69, 9.17) is 14.6 Å². The van der Waals surface area contributed by atoms with E-state index in [0.29, 0.717) is 24.5 Å². The highest BCUT2D eigenvalue weighted by molar-refractivity contribution is 5.89. The van der Waals surface area contributed by atoms with Crippen LogP contribution in [0.5, 0.6) is 5.75 Å². The summed E-state index contributed by atoms with van der Waals surface area (Å²) in [6, 6.07) is 6.43. The fourth-order valence-corrected chi connectivity index (χ4v) is 2.12. The first-order chi connectivity index (χ1) is 10.1. The molecule has 1 aromatic carbocycles. The summed E-state index contributed by atoms with van der Waals surface area (Å²) >= 11 is 0. The van der Waals surface area contributed by atoms with Crippen LogP contribution in [0.3, 0.4) is 0 Å². The first-order valence-electron chi connectivity index (χ1n) is 6.62. The van der Waals surface area contributed by atoms with Crippen molar-refractivity contribution in [2.45, 2.75) is 12.5 Å². The second-order valence-corrected chi connectivity index (χ2v) is 4.73. The van der Waals surface area contributed by atoms with E-state index in [9.17, 15) is 9.59 Å². The van der Waals surface area contributed by atoms with Gasteiger partial charge in [0, 0.05) is 32.0 Å². The molecule has 1 unspecified atom stereocenters. The average Bonchev–Trinajstić information content (AvgIpc) is 2.94. The molecular formula is C14H18N2O5. The van der Waals surface area contributed by atoms with E-state index in [-0.39, 0.29) is 12.1 Å². The van der Waals surface area contributed by atoms with E-state index < -0.39 is 12.6 Å². The largest absolute Gasteiger partial charge is 0.482 e. The summed E-state index contributed by atoms with van der Waals surface area (Å²) in [6.07, 6.45) is 0.909. The second kappa shape index (κ2) is 6.94. The molecule has 1 saturated heterocycles. The molecule has 1 atom stereocenters. The monoisotopic (exact) mass is 294 g/mol. The number of hydrogen-bond acceptors (Lipinski definition) is 4. The van der Waals surface area contributed by atoms with E-state index >= 15 is 0 Å². The molecule has 0 aliphatic carbocycles. The molecule has 0 saturated carbocycles. The Morgan fingerprint density at radius 3 is 2.95 bits per heavy atom. The van der Waals surface area contributed by atoms with Crippen LogP contribution in [0, 0.1) is 0 Å². The van der Waals surface area contributed by atoms with Gasteiger partial charge in [0.05, 0.1) is 6.10 Å². The van der Waals surface area contributed by atoms with E-state index in [2.05, 4.69) is 5.32 Å². The van der Waals surface area contributed by atoms with Crippen LogP contribution in [-0.4, -0.2) is 54.9 Å². The zero-order chi connectivity index (χ0) is 15.2. The van der Waals surface area contributed by atoms with Crippen molar-refractivity contribution in [3.63, 3.8) is 0 Å². The number of rotatable bonds is 5. The first kappa shape index (κ1) is 15.1. The van der Waals surface area contributed by atoms with Crippen LogP contribution in [0.25, 0.3) is 0 Å². The van der Waals surface area contributed by atoms with Crippen LogP contribution in [0.1, 0.15) is 6.42 Å². The van der Waals surface area contributed by atoms with Crippen molar-refractivity contribution in [1.82, 2.24) is 4.90 Å². The van der Waals surface area contributed by atoms with Crippen molar-refractivity contribution >= 4 is 17.7 Å². The van der Waals surface area contributed by atoms with Crippen molar-refractivity contribution in [3.05, 3.63) is 24.3 Å². The standard InChI is InChI=1S/C14H18N2O5/c1-20-12-5-6-16(8-12)14(19)15-10-3-2-4-11(7-10)21-9-13(17)18/h2-4,7,12H,5-6,8-9H2,1H3,(H,15,19)(H,17,18). The number of aliphatic carboxylic acids is 1. The average molecular weight is 294 g/mol. The van der Waals surface area contributed by atoms with Crippen LogP contribution in [0.15, 0.2) is 24.3 Å². The quantitative estimate of drug-likeness (QED) is 0.857. The van der Waals surface area contributed by atoms with Crippen LogP contribution in [0.4, 0.5) is 10.5 Å². The third-order valence-corrected chi connectivity index (χ3v) is 3.21. The molecule has 1 aliphatic rings. The van der Waals surface area contributed by atoms with Gasteiger partial charge in [-0.25, -0.2) is 9.59 Å². The SMILES string of the molecule is COC1CCN(C(=O)Nc2cccc(OCC(=O)O)c2)C1. The maximum Gasteiger partial charge on any atom is 0.341 e. The number of carboxylic acids is 1. The first-order valence-corrected chi connectivity index (χ1v) is 6.62. The summed E-state index contributed by atoms with van der Waals surface area (Å²) < 4.78 is 10.3. The van der Waals surface area contributed by atoms with Gasteiger partial charge in [-0.15, -0.1) is 0 Å². The van der Waals surface area contributed by atoms with Gasteiger partial charge in [-0.1, -0.05) is 6.07 Å². The van der Waals surface area contributed by atoms with Crippen LogP contribution in [0.2, 0.25) is 0 Å². The lowest BCUT2D eigenvalue weighted by molar-refractivity contribution is -0.139. The molecule has 1 aliphatic heterocycles.